The van der Waals surface area contributed by atoms with Crippen molar-refractivity contribution in [3.63, 3.8) is 0 Å². The average molecular weight is 402 g/mol. The predicted molar refractivity (Wildman–Crippen MR) is 105 cm³/mol. The van der Waals surface area contributed by atoms with Crippen LogP contribution in [0.2, 0.25) is 5.02 Å². The van der Waals surface area contributed by atoms with Crippen LogP contribution in [-0.2, 0) is 21.4 Å². The molecular weight excluding hydrogens is 378 g/mol. The van der Waals surface area contributed by atoms with Crippen LogP contribution in [0.5, 0.6) is 0 Å². The van der Waals surface area contributed by atoms with Crippen molar-refractivity contribution in [2.75, 3.05) is 26.2 Å². The maximum atomic E-state index is 13.2. The number of carbonyl (C=O) groups is 2. The summed E-state index contributed by atoms with van der Waals surface area (Å²) in [6.07, 6.45) is 2.04. The van der Waals surface area contributed by atoms with Gasteiger partial charge < -0.3 is 14.3 Å². The van der Waals surface area contributed by atoms with Crippen LogP contribution in [0.25, 0.3) is 0 Å². The van der Waals surface area contributed by atoms with Gasteiger partial charge in [-0.1, -0.05) is 28.9 Å². The van der Waals surface area contributed by atoms with Crippen LogP contribution < -0.4 is 0 Å². The molecule has 2 fully saturated rings. The summed E-state index contributed by atoms with van der Waals surface area (Å²) in [4.78, 5) is 29.5. The second kappa shape index (κ2) is 7.24. The van der Waals surface area contributed by atoms with Gasteiger partial charge in [-0.2, -0.15) is 0 Å². The maximum Gasteiger partial charge on any atom is 0.233 e. The Hall–Kier alpha value is -2.34. The quantitative estimate of drug-likeness (QED) is 0.790. The minimum absolute atomic E-state index is 0.0559. The van der Waals surface area contributed by atoms with Crippen LogP contribution in [0.3, 0.4) is 0 Å². The zero-order valence-electron chi connectivity index (χ0n) is 16.2. The number of rotatable bonds is 4. The molecule has 1 aromatic heterocycles. The van der Waals surface area contributed by atoms with Crippen molar-refractivity contribution < 1.29 is 14.1 Å². The Kier molecular flexibility index (Phi) is 4.91. The molecule has 2 aliphatic rings. The molecule has 6 nitrogen and oxygen atoms in total. The van der Waals surface area contributed by atoms with Gasteiger partial charge in [0.05, 0.1) is 17.5 Å². The minimum Gasteiger partial charge on any atom is -0.361 e. The van der Waals surface area contributed by atoms with Crippen molar-refractivity contribution in [3.8, 4) is 0 Å². The Balaban J connectivity index is 1.37. The fourth-order valence-electron chi connectivity index (χ4n) is 4.00. The van der Waals surface area contributed by atoms with Gasteiger partial charge in [-0.15, -0.1) is 0 Å². The molecule has 148 valence electrons. The predicted octanol–water partition coefficient (Wildman–Crippen LogP) is 2.89. The molecule has 0 N–H and O–H groups in total. The van der Waals surface area contributed by atoms with Crippen LogP contribution >= 0.6 is 11.6 Å². The molecule has 4 rings (SSSR count). The van der Waals surface area contributed by atoms with E-state index in [0.717, 1.165) is 29.7 Å². The summed E-state index contributed by atoms with van der Waals surface area (Å²) < 4.78 is 5.14. The second-order valence-corrected chi connectivity index (χ2v) is 8.18. The summed E-state index contributed by atoms with van der Waals surface area (Å²) in [5, 5.41) is 4.59. The number of halogens is 1. The van der Waals surface area contributed by atoms with E-state index in [0.29, 0.717) is 43.4 Å². The Morgan fingerprint density at radius 3 is 2.21 bits per heavy atom. The number of amides is 2. The van der Waals surface area contributed by atoms with E-state index in [1.54, 1.807) is 0 Å². The van der Waals surface area contributed by atoms with Gasteiger partial charge in [0.25, 0.3) is 0 Å². The van der Waals surface area contributed by atoms with E-state index in [1.165, 1.54) is 0 Å². The molecule has 1 saturated heterocycles. The lowest BCUT2D eigenvalue weighted by atomic mass is 9.94. The summed E-state index contributed by atoms with van der Waals surface area (Å²) in [5.74, 6) is 0.922. The van der Waals surface area contributed by atoms with E-state index in [1.807, 2.05) is 47.9 Å². The van der Waals surface area contributed by atoms with Gasteiger partial charge in [0, 0.05) is 36.8 Å². The van der Waals surface area contributed by atoms with E-state index in [9.17, 15) is 9.59 Å². The normalized spacial score (nSPS) is 18.2. The first-order chi connectivity index (χ1) is 13.4. The molecule has 7 heteroatoms. The molecule has 0 atom stereocenters. The maximum absolute atomic E-state index is 13.2. The Bertz CT molecular complexity index is 875. The van der Waals surface area contributed by atoms with Crippen LogP contribution in [0.4, 0.5) is 0 Å². The van der Waals surface area contributed by atoms with Crippen molar-refractivity contribution in [1.29, 1.82) is 0 Å². The third-order valence-electron chi connectivity index (χ3n) is 5.98. The lowest BCUT2D eigenvalue weighted by molar-refractivity contribution is -0.140. The van der Waals surface area contributed by atoms with Crippen LogP contribution in [0, 0.1) is 13.8 Å². The Morgan fingerprint density at radius 1 is 1.07 bits per heavy atom. The summed E-state index contributed by atoms with van der Waals surface area (Å²) in [6, 6.07) is 7.60. The van der Waals surface area contributed by atoms with Crippen molar-refractivity contribution in [1.82, 2.24) is 15.0 Å². The molecule has 1 aromatic carbocycles. The molecule has 2 heterocycles. The molecule has 0 unspecified atom stereocenters. The van der Waals surface area contributed by atoms with Gasteiger partial charge in [0.1, 0.15) is 5.76 Å². The van der Waals surface area contributed by atoms with Crippen molar-refractivity contribution >= 4 is 23.4 Å². The topological polar surface area (TPSA) is 66.7 Å². The third kappa shape index (κ3) is 3.41. The van der Waals surface area contributed by atoms with Crippen molar-refractivity contribution in [3.05, 3.63) is 51.9 Å². The van der Waals surface area contributed by atoms with Gasteiger partial charge in [0.2, 0.25) is 11.8 Å². The monoisotopic (exact) mass is 401 g/mol. The average Bonchev–Trinajstić information content (AvgIpc) is 3.46. The molecule has 1 aliphatic heterocycles. The smallest absolute Gasteiger partial charge is 0.233 e. The first-order valence-corrected chi connectivity index (χ1v) is 10.0. The summed E-state index contributed by atoms with van der Waals surface area (Å²) in [7, 11) is 0. The van der Waals surface area contributed by atoms with Crippen molar-refractivity contribution in [2.24, 2.45) is 0 Å². The number of aryl methyl sites for hydroxylation is 2. The van der Waals surface area contributed by atoms with Gasteiger partial charge in [0.15, 0.2) is 0 Å². The number of carbonyl (C=O) groups excluding carboxylic acids is 2. The highest BCUT2D eigenvalue weighted by Gasteiger charge is 2.53. The fourth-order valence-corrected chi connectivity index (χ4v) is 4.12. The highest BCUT2D eigenvalue weighted by Crippen LogP contribution is 2.49. The zero-order chi connectivity index (χ0) is 19.9. The lowest BCUT2D eigenvalue weighted by Gasteiger charge is -2.36. The van der Waals surface area contributed by atoms with E-state index in [2.05, 4.69) is 5.16 Å². The van der Waals surface area contributed by atoms with Crippen molar-refractivity contribution in [2.45, 2.75) is 38.5 Å². The van der Waals surface area contributed by atoms with E-state index >= 15 is 0 Å². The van der Waals surface area contributed by atoms with Crippen LogP contribution in [0.1, 0.15) is 35.4 Å². The number of hydrogen-bond donors (Lipinski definition) is 0. The molecule has 0 bridgehead atoms. The Morgan fingerprint density at radius 2 is 1.68 bits per heavy atom. The van der Waals surface area contributed by atoms with Gasteiger partial charge in [-0.25, -0.2) is 0 Å². The van der Waals surface area contributed by atoms with Gasteiger partial charge >= 0.3 is 0 Å². The lowest BCUT2D eigenvalue weighted by Crippen LogP contribution is -2.53. The molecule has 0 radical (unpaired) electrons. The Labute approximate surface area is 169 Å². The van der Waals surface area contributed by atoms with E-state index < -0.39 is 5.41 Å². The summed E-state index contributed by atoms with van der Waals surface area (Å²) >= 11 is 5.98. The molecule has 28 heavy (non-hydrogen) atoms. The molecule has 0 spiro atoms. The van der Waals surface area contributed by atoms with Gasteiger partial charge in [-0.3, -0.25) is 9.59 Å². The van der Waals surface area contributed by atoms with Crippen LogP contribution in [-0.4, -0.2) is 52.9 Å². The first kappa shape index (κ1) is 19.0. The zero-order valence-corrected chi connectivity index (χ0v) is 17.0. The van der Waals surface area contributed by atoms with E-state index in [-0.39, 0.29) is 11.8 Å². The third-order valence-corrected chi connectivity index (χ3v) is 6.24. The van der Waals surface area contributed by atoms with Crippen LogP contribution in [0.15, 0.2) is 28.8 Å². The molecule has 2 amide bonds. The highest BCUT2D eigenvalue weighted by molar-refractivity contribution is 6.30. The van der Waals surface area contributed by atoms with E-state index in [4.69, 9.17) is 16.1 Å². The molecule has 1 saturated carbocycles. The number of aromatic nitrogens is 1. The minimum atomic E-state index is -0.395. The SMILES string of the molecule is Cc1noc(C)c1CC(=O)N1CCN(C(=O)C2(c3ccc(Cl)cc3)CC2)CC1. The fraction of sp³-hybridized carbons (Fsp3) is 0.476. The largest absolute Gasteiger partial charge is 0.361 e. The first-order valence-electron chi connectivity index (χ1n) is 9.66. The summed E-state index contributed by atoms with van der Waals surface area (Å²) in [5.41, 5.74) is 2.27. The highest BCUT2D eigenvalue weighted by atomic mass is 35.5. The summed E-state index contributed by atoms with van der Waals surface area (Å²) in [6.45, 7) is 5.94. The molecule has 2 aromatic rings. The molecule has 1 aliphatic carbocycles. The number of hydrogen-bond acceptors (Lipinski definition) is 4. The standard InChI is InChI=1S/C21H24ClN3O3/c1-14-18(15(2)28-23-14)13-19(26)24-9-11-25(12-10-24)20(27)21(7-8-21)16-3-5-17(22)6-4-16/h3-6H,7-13H2,1-2H3. The number of benzene rings is 1. The molecular formula is C21H24ClN3O3. The second-order valence-electron chi connectivity index (χ2n) is 7.74. The number of nitrogens with zero attached hydrogens (tertiary/aromatic N) is 3. The number of piperazine rings is 1. The van der Waals surface area contributed by atoms with Gasteiger partial charge in [-0.05, 0) is 44.4 Å².